The molecule has 3 heterocycles. The van der Waals surface area contributed by atoms with Gasteiger partial charge in [0.25, 0.3) is 0 Å². The van der Waals surface area contributed by atoms with E-state index < -0.39 is 0 Å². The molecule has 25 heavy (non-hydrogen) atoms. The molecule has 1 fully saturated rings. The number of fused-ring (bicyclic) bond motifs is 3. The molecule has 1 saturated heterocycles. The maximum absolute atomic E-state index is 4.92. The Hall–Kier alpha value is -2.95. The quantitative estimate of drug-likeness (QED) is 0.559. The van der Waals surface area contributed by atoms with Crippen LogP contribution >= 0.6 is 0 Å². The van der Waals surface area contributed by atoms with Crippen molar-refractivity contribution >= 4 is 22.5 Å². The summed E-state index contributed by atoms with van der Waals surface area (Å²) in [7, 11) is 0. The molecule has 124 valence electrons. The number of aromatic nitrogens is 4. The van der Waals surface area contributed by atoms with Gasteiger partial charge >= 0.3 is 0 Å². The lowest BCUT2D eigenvalue weighted by Crippen LogP contribution is -2.32. The number of hydrogen-bond donors (Lipinski definition) is 0. The minimum Gasteiger partial charge on any atom is -0.341 e. The topological polar surface area (TPSA) is 46.3 Å². The summed E-state index contributed by atoms with van der Waals surface area (Å²) in [5, 5.41) is 5.85. The van der Waals surface area contributed by atoms with Crippen molar-refractivity contribution in [1.29, 1.82) is 0 Å². The molecule has 0 N–H and O–H groups in total. The molecule has 5 rings (SSSR count). The average Bonchev–Trinajstić information content (AvgIpc) is 3.14. The zero-order valence-electron chi connectivity index (χ0n) is 14.0. The zero-order chi connectivity index (χ0) is 16.6. The summed E-state index contributed by atoms with van der Waals surface area (Å²) in [5.41, 5.74) is 2.88. The van der Waals surface area contributed by atoms with Crippen LogP contribution in [0.15, 0.2) is 54.6 Å². The fraction of sp³-hybridized carbons (Fsp3) is 0.250. The molecule has 0 amide bonds. The molecule has 2 aromatic heterocycles. The van der Waals surface area contributed by atoms with Crippen LogP contribution in [-0.2, 0) is 0 Å². The summed E-state index contributed by atoms with van der Waals surface area (Å²) >= 11 is 0. The third-order valence-corrected chi connectivity index (χ3v) is 4.83. The largest absolute Gasteiger partial charge is 0.341 e. The van der Waals surface area contributed by atoms with E-state index in [9.17, 15) is 0 Å². The van der Waals surface area contributed by atoms with Crippen molar-refractivity contribution in [3.8, 4) is 11.4 Å². The fourth-order valence-corrected chi connectivity index (χ4v) is 3.55. The Morgan fingerprint density at radius 3 is 2.36 bits per heavy atom. The van der Waals surface area contributed by atoms with Crippen LogP contribution in [0.2, 0.25) is 0 Å². The van der Waals surface area contributed by atoms with Gasteiger partial charge in [0.05, 0.1) is 5.52 Å². The highest BCUT2D eigenvalue weighted by atomic mass is 15.4. The van der Waals surface area contributed by atoms with Gasteiger partial charge in [0.1, 0.15) is 0 Å². The highest BCUT2D eigenvalue weighted by Crippen LogP contribution is 2.26. The molecule has 5 nitrogen and oxygen atoms in total. The predicted octanol–water partition coefficient (Wildman–Crippen LogP) is 3.93. The number of rotatable bonds is 2. The Labute approximate surface area is 145 Å². The van der Waals surface area contributed by atoms with Gasteiger partial charge < -0.3 is 4.90 Å². The molecule has 0 atom stereocenters. The van der Waals surface area contributed by atoms with Crippen molar-refractivity contribution in [2.75, 3.05) is 18.0 Å². The van der Waals surface area contributed by atoms with Crippen LogP contribution < -0.4 is 4.90 Å². The first-order chi connectivity index (χ1) is 12.4. The van der Waals surface area contributed by atoms with E-state index >= 15 is 0 Å². The Balaban J connectivity index is 1.78. The first-order valence-electron chi connectivity index (χ1n) is 8.86. The van der Waals surface area contributed by atoms with Gasteiger partial charge in [-0.15, -0.1) is 5.10 Å². The van der Waals surface area contributed by atoms with Gasteiger partial charge in [-0.2, -0.15) is 4.52 Å². The molecule has 0 saturated carbocycles. The van der Waals surface area contributed by atoms with E-state index in [4.69, 9.17) is 15.1 Å². The molecule has 0 bridgehead atoms. The number of nitrogens with zero attached hydrogens (tertiary/aromatic N) is 5. The second-order valence-electron chi connectivity index (χ2n) is 6.51. The second-order valence-corrected chi connectivity index (χ2v) is 6.51. The molecule has 0 radical (unpaired) electrons. The maximum atomic E-state index is 4.92. The lowest BCUT2D eigenvalue weighted by Gasteiger charge is -2.27. The van der Waals surface area contributed by atoms with Crippen LogP contribution in [0.5, 0.6) is 0 Å². The third-order valence-electron chi connectivity index (χ3n) is 4.83. The highest BCUT2D eigenvalue weighted by Gasteiger charge is 2.20. The van der Waals surface area contributed by atoms with Gasteiger partial charge in [-0.05, 0) is 31.4 Å². The van der Waals surface area contributed by atoms with Gasteiger partial charge in [-0.1, -0.05) is 42.5 Å². The van der Waals surface area contributed by atoms with Crippen molar-refractivity contribution in [3.63, 3.8) is 0 Å². The summed E-state index contributed by atoms with van der Waals surface area (Å²) in [6.07, 6.45) is 3.70. The van der Waals surface area contributed by atoms with E-state index in [1.165, 1.54) is 19.3 Å². The van der Waals surface area contributed by atoms with E-state index in [0.29, 0.717) is 0 Å². The van der Waals surface area contributed by atoms with E-state index in [0.717, 1.165) is 47.0 Å². The van der Waals surface area contributed by atoms with E-state index in [2.05, 4.69) is 17.0 Å². The van der Waals surface area contributed by atoms with Crippen molar-refractivity contribution in [2.45, 2.75) is 19.3 Å². The first-order valence-corrected chi connectivity index (χ1v) is 8.86. The van der Waals surface area contributed by atoms with Gasteiger partial charge in [0.2, 0.25) is 5.95 Å². The number of para-hydroxylation sites is 1. The molecular weight excluding hydrogens is 310 g/mol. The second kappa shape index (κ2) is 5.84. The molecule has 5 heteroatoms. The lowest BCUT2D eigenvalue weighted by atomic mass is 10.1. The molecule has 1 aliphatic rings. The summed E-state index contributed by atoms with van der Waals surface area (Å²) < 4.78 is 1.93. The minimum absolute atomic E-state index is 0.747. The monoisotopic (exact) mass is 329 g/mol. The van der Waals surface area contributed by atoms with Gasteiger partial charge in [-0.25, -0.2) is 9.97 Å². The van der Waals surface area contributed by atoms with E-state index in [1.807, 2.05) is 47.0 Å². The van der Waals surface area contributed by atoms with Gasteiger partial charge in [0.15, 0.2) is 11.5 Å². The van der Waals surface area contributed by atoms with Crippen LogP contribution in [0.25, 0.3) is 27.9 Å². The van der Waals surface area contributed by atoms with Crippen LogP contribution in [0, 0.1) is 0 Å². The summed E-state index contributed by atoms with van der Waals surface area (Å²) in [6.45, 7) is 2.06. The van der Waals surface area contributed by atoms with Gasteiger partial charge in [0, 0.05) is 24.0 Å². The molecule has 4 aromatic rings. The van der Waals surface area contributed by atoms with Crippen LogP contribution in [0.1, 0.15) is 19.3 Å². The Morgan fingerprint density at radius 1 is 0.760 bits per heavy atom. The lowest BCUT2D eigenvalue weighted by molar-refractivity contribution is 0.563. The Kier molecular flexibility index (Phi) is 3.37. The Morgan fingerprint density at radius 2 is 1.52 bits per heavy atom. The molecular formula is C20H19N5. The standard InChI is InChI=1S/C20H19N5/c1-3-9-15(10-4-1)18-22-19-16-11-5-6-12-17(16)21-20(25(19)23-18)24-13-7-2-8-14-24/h1,3-6,9-12H,2,7-8,13-14H2. The van der Waals surface area contributed by atoms with E-state index in [-0.39, 0.29) is 0 Å². The summed E-state index contributed by atoms with van der Waals surface area (Å²) in [4.78, 5) is 12.1. The normalized spacial score (nSPS) is 15.1. The van der Waals surface area contributed by atoms with Crippen molar-refractivity contribution in [1.82, 2.24) is 19.6 Å². The molecule has 2 aromatic carbocycles. The summed E-state index contributed by atoms with van der Waals surface area (Å²) in [6, 6.07) is 18.3. The number of hydrogen-bond acceptors (Lipinski definition) is 4. The van der Waals surface area contributed by atoms with Crippen molar-refractivity contribution < 1.29 is 0 Å². The third kappa shape index (κ3) is 2.43. The maximum Gasteiger partial charge on any atom is 0.229 e. The number of piperidine rings is 1. The number of anilines is 1. The highest BCUT2D eigenvalue weighted by molar-refractivity contribution is 5.92. The fourth-order valence-electron chi connectivity index (χ4n) is 3.55. The van der Waals surface area contributed by atoms with Crippen molar-refractivity contribution in [2.24, 2.45) is 0 Å². The van der Waals surface area contributed by atoms with E-state index in [1.54, 1.807) is 0 Å². The molecule has 1 aliphatic heterocycles. The molecule has 0 spiro atoms. The minimum atomic E-state index is 0.747. The molecule has 0 unspecified atom stereocenters. The molecule has 0 aliphatic carbocycles. The smallest absolute Gasteiger partial charge is 0.229 e. The summed E-state index contributed by atoms with van der Waals surface area (Å²) in [5.74, 6) is 1.65. The van der Waals surface area contributed by atoms with Crippen molar-refractivity contribution in [3.05, 3.63) is 54.6 Å². The predicted molar refractivity (Wildman–Crippen MR) is 99.8 cm³/mol. The first kappa shape index (κ1) is 14.4. The number of benzene rings is 2. The van der Waals surface area contributed by atoms with Crippen LogP contribution in [0.4, 0.5) is 5.95 Å². The zero-order valence-corrected chi connectivity index (χ0v) is 14.0. The average molecular weight is 329 g/mol. The van der Waals surface area contributed by atoms with Gasteiger partial charge in [-0.3, -0.25) is 0 Å². The Bertz CT molecular complexity index is 1030. The SMILES string of the molecule is c1ccc(-c2nc3c4ccccc4nc(N4CCCCC4)n3n2)cc1. The van der Waals surface area contributed by atoms with Crippen LogP contribution in [0.3, 0.4) is 0 Å². The van der Waals surface area contributed by atoms with Crippen LogP contribution in [-0.4, -0.2) is 32.7 Å².